The highest BCUT2D eigenvalue weighted by atomic mass is 19.3. The van der Waals surface area contributed by atoms with Crippen molar-refractivity contribution < 1.29 is 28.4 Å². The molecular formula is C19H14F2N2O5. The molecule has 0 atom stereocenters. The average molecular weight is 388 g/mol. The molecule has 1 aliphatic heterocycles. The van der Waals surface area contributed by atoms with E-state index in [0.29, 0.717) is 6.08 Å². The molecule has 3 rings (SSSR count). The second kappa shape index (κ2) is 7.18. The number of rotatable bonds is 3. The number of hydrogen-bond acceptors (Lipinski definition) is 4. The number of carbonyl (C=O) groups is 2. The fourth-order valence-corrected chi connectivity index (χ4v) is 3.04. The Morgan fingerprint density at radius 3 is 2.39 bits per heavy atom. The molecule has 0 fully saturated rings. The van der Waals surface area contributed by atoms with Crippen LogP contribution in [0.5, 0.6) is 0 Å². The highest BCUT2D eigenvalue weighted by molar-refractivity contribution is 6.08. The zero-order valence-electron chi connectivity index (χ0n) is 14.3. The highest BCUT2D eigenvalue weighted by Gasteiger charge is 2.41. The maximum Gasteiger partial charge on any atom is 0.328 e. The first-order valence-corrected chi connectivity index (χ1v) is 8.19. The number of carbonyl (C=O) groups excluding carboxylic acids is 1. The van der Waals surface area contributed by atoms with Gasteiger partial charge in [-0.2, -0.15) is 0 Å². The molecule has 0 saturated carbocycles. The molecule has 0 bridgehead atoms. The molecule has 1 heterocycles. The Bertz CT molecular complexity index is 986. The third-order valence-electron chi connectivity index (χ3n) is 4.37. The third kappa shape index (κ3) is 3.59. The number of non-ortho nitro benzene ring substituents is 1. The lowest BCUT2D eigenvalue weighted by Crippen LogP contribution is -2.33. The monoisotopic (exact) mass is 388 g/mol. The van der Waals surface area contributed by atoms with Gasteiger partial charge in [-0.05, 0) is 18.2 Å². The number of aliphatic carboxylic acids is 1. The lowest BCUT2D eigenvalue weighted by Gasteiger charge is -2.22. The van der Waals surface area contributed by atoms with E-state index in [4.69, 9.17) is 5.11 Å². The van der Waals surface area contributed by atoms with Gasteiger partial charge in [0.2, 0.25) is 0 Å². The molecule has 0 saturated heterocycles. The maximum atomic E-state index is 14.6. The zero-order chi connectivity index (χ0) is 20.5. The van der Waals surface area contributed by atoms with Crippen molar-refractivity contribution in [1.82, 2.24) is 0 Å². The number of anilines is 1. The lowest BCUT2D eigenvalue weighted by atomic mass is 9.97. The summed E-state index contributed by atoms with van der Waals surface area (Å²) in [6, 6.07) is 10.6. The molecule has 0 spiro atoms. The molecule has 0 aromatic heterocycles. The predicted molar refractivity (Wildman–Crippen MR) is 96.4 cm³/mol. The third-order valence-corrected chi connectivity index (χ3v) is 4.37. The van der Waals surface area contributed by atoms with Crippen LogP contribution in [0.4, 0.5) is 20.2 Å². The molecule has 28 heavy (non-hydrogen) atoms. The number of carboxylic acids is 1. The molecular weight excluding hydrogens is 374 g/mol. The van der Waals surface area contributed by atoms with Gasteiger partial charge in [-0.1, -0.05) is 18.2 Å². The van der Waals surface area contributed by atoms with Crippen molar-refractivity contribution in [3.8, 4) is 0 Å². The Balaban J connectivity index is 2.08. The van der Waals surface area contributed by atoms with Gasteiger partial charge >= 0.3 is 5.97 Å². The lowest BCUT2D eigenvalue weighted by molar-refractivity contribution is -0.384. The number of allylic oxidation sites excluding steroid dienone is 1. The number of nitro groups is 1. The summed E-state index contributed by atoms with van der Waals surface area (Å²) in [5, 5.41) is 19.8. The largest absolute Gasteiger partial charge is 0.478 e. The molecule has 144 valence electrons. The highest BCUT2D eigenvalue weighted by Crippen LogP contribution is 2.43. The molecule has 2 aromatic rings. The van der Waals surface area contributed by atoms with Crippen LogP contribution in [-0.4, -0.2) is 34.4 Å². The van der Waals surface area contributed by atoms with Crippen molar-refractivity contribution in [2.45, 2.75) is 12.3 Å². The van der Waals surface area contributed by atoms with Gasteiger partial charge < -0.3 is 10.0 Å². The number of alkyl halides is 2. The number of para-hydroxylation sites is 1. The number of carboxylic acid groups (broad SMARTS) is 1. The van der Waals surface area contributed by atoms with Gasteiger partial charge in [0.15, 0.2) is 0 Å². The fourth-order valence-electron chi connectivity index (χ4n) is 3.04. The van der Waals surface area contributed by atoms with E-state index in [1.807, 2.05) is 0 Å². The number of halogens is 2. The average Bonchev–Trinajstić information content (AvgIpc) is 2.76. The molecule has 1 amide bonds. The summed E-state index contributed by atoms with van der Waals surface area (Å²) in [5.74, 6) is -5.58. The first kappa shape index (κ1) is 19.2. The van der Waals surface area contributed by atoms with Gasteiger partial charge in [0.1, 0.15) is 0 Å². The molecule has 0 radical (unpaired) electrons. The van der Waals surface area contributed by atoms with Crippen LogP contribution in [0.1, 0.15) is 22.3 Å². The van der Waals surface area contributed by atoms with Crippen LogP contribution in [0, 0.1) is 10.1 Å². The SMILES string of the molecule is O=C(O)/C=C1/c2ccccc2N(C(=O)c2ccc([N+](=O)[O-])cc2)CCC1(F)F. The minimum absolute atomic E-state index is 0.0531. The van der Waals surface area contributed by atoms with Crippen molar-refractivity contribution in [1.29, 1.82) is 0 Å². The van der Waals surface area contributed by atoms with E-state index in [2.05, 4.69) is 0 Å². The van der Waals surface area contributed by atoms with Crippen molar-refractivity contribution >= 4 is 28.8 Å². The Kier molecular flexibility index (Phi) is 4.91. The van der Waals surface area contributed by atoms with Crippen LogP contribution in [-0.2, 0) is 4.79 Å². The standard InChI is InChI=1S/C19H14F2N2O5/c20-19(21)9-10-22(18(26)12-5-7-13(8-6-12)23(27)28)16-4-2-1-3-14(16)15(19)11-17(24)25/h1-8,11H,9-10H2,(H,24,25)/b15-11-. The molecule has 7 nitrogen and oxygen atoms in total. The molecule has 1 N–H and O–H groups in total. The first-order valence-electron chi connectivity index (χ1n) is 8.19. The fraction of sp³-hybridized carbons (Fsp3) is 0.158. The summed E-state index contributed by atoms with van der Waals surface area (Å²) in [7, 11) is 0. The topological polar surface area (TPSA) is 101 Å². The van der Waals surface area contributed by atoms with E-state index in [9.17, 15) is 28.5 Å². The van der Waals surface area contributed by atoms with E-state index in [-0.39, 0.29) is 29.0 Å². The van der Waals surface area contributed by atoms with Gasteiger partial charge in [0.25, 0.3) is 17.5 Å². The predicted octanol–water partition coefficient (Wildman–Crippen LogP) is 3.75. The van der Waals surface area contributed by atoms with E-state index in [0.717, 1.165) is 17.0 Å². The number of amides is 1. The number of fused-ring (bicyclic) bond motifs is 1. The number of nitrogens with zero attached hydrogens (tertiary/aromatic N) is 2. The summed E-state index contributed by atoms with van der Waals surface area (Å²) >= 11 is 0. The van der Waals surface area contributed by atoms with E-state index in [1.165, 1.54) is 30.3 Å². The summed E-state index contributed by atoms with van der Waals surface area (Å²) in [5.41, 5.74) is -0.687. The minimum atomic E-state index is -3.45. The minimum Gasteiger partial charge on any atom is -0.478 e. The second-order valence-corrected chi connectivity index (χ2v) is 6.13. The van der Waals surface area contributed by atoms with Crippen LogP contribution in [0.2, 0.25) is 0 Å². The van der Waals surface area contributed by atoms with Gasteiger partial charge in [-0.3, -0.25) is 14.9 Å². The van der Waals surface area contributed by atoms with Gasteiger partial charge in [-0.25, -0.2) is 13.6 Å². The van der Waals surface area contributed by atoms with Crippen molar-refractivity contribution in [3.63, 3.8) is 0 Å². The summed E-state index contributed by atoms with van der Waals surface area (Å²) in [4.78, 5) is 35.2. The number of benzene rings is 2. The number of nitro benzene ring substituents is 1. The van der Waals surface area contributed by atoms with Crippen LogP contribution >= 0.6 is 0 Å². The Hall–Kier alpha value is -3.62. The Morgan fingerprint density at radius 2 is 1.79 bits per heavy atom. The molecule has 1 aliphatic rings. The van der Waals surface area contributed by atoms with Crippen LogP contribution in [0.3, 0.4) is 0 Å². The summed E-state index contributed by atoms with van der Waals surface area (Å²) < 4.78 is 29.2. The van der Waals surface area contributed by atoms with Crippen LogP contribution in [0.25, 0.3) is 5.57 Å². The van der Waals surface area contributed by atoms with Crippen molar-refractivity contribution in [2.24, 2.45) is 0 Å². The van der Waals surface area contributed by atoms with Crippen molar-refractivity contribution in [2.75, 3.05) is 11.4 Å². The molecule has 2 aromatic carbocycles. The van der Waals surface area contributed by atoms with E-state index < -0.39 is 34.7 Å². The summed E-state index contributed by atoms with van der Waals surface area (Å²) in [6.07, 6.45) is -0.307. The summed E-state index contributed by atoms with van der Waals surface area (Å²) in [6.45, 7) is -0.350. The molecule has 0 aliphatic carbocycles. The second-order valence-electron chi connectivity index (χ2n) is 6.13. The quantitative estimate of drug-likeness (QED) is 0.490. The van der Waals surface area contributed by atoms with Crippen molar-refractivity contribution in [3.05, 3.63) is 75.8 Å². The van der Waals surface area contributed by atoms with E-state index >= 15 is 0 Å². The van der Waals surface area contributed by atoms with Gasteiger partial charge in [0.05, 0.1) is 10.6 Å². The number of hydrogen-bond donors (Lipinski definition) is 1. The Morgan fingerprint density at radius 1 is 1.14 bits per heavy atom. The maximum absolute atomic E-state index is 14.6. The van der Waals surface area contributed by atoms with Crippen LogP contribution < -0.4 is 4.90 Å². The molecule has 9 heteroatoms. The Labute approximate surface area is 157 Å². The van der Waals surface area contributed by atoms with Gasteiger partial charge in [-0.15, -0.1) is 0 Å². The van der Waals surface area contributed by atoms with Gasteiger partial charge in [0, 0.05) is 47.9 Å². The smallest absolute Gasteiger partial charge is 0.328 e. The molecule has 0 unspecified atom stereocenters. The zero-order valence-corrected chi connectivity index (χ0v) is 14.3. The van der Waals surface area contributed by atoms with Crippen LogP contribution in [0.15, 0.2) is 54.6 Å². The van der Waals surface area contributed by atoms with E-state index in [1.54, 1.807) is 6.07 Å². The first-order chi connectivity index (χ1) is 13.2. The normalized spacial score (nSPS) is 16.9.